The number of pyridine rings is 1. The average molecular weight is 256 g/mol. The lowest BCUT2D eigenvalue weighted by Gasteiger charge is -2.04. The van der Waals surface area contributed by atoms with Crippen LogP contribution in [0.1, 0.15) is 5.56 Å². The van der Waals surface area contributed by atoms with E-state index in [1.54, 1.807) is 12.1 Å². The van der Waals surface area contributed by atoms with Crippen LogP contribution in [0, 0.1) is 5.82 Å². The molecule has 0 radical (unpaired) electrons. The van der Waals surface area contributed by atoms with Crippen molar-refractivity contribution in [3.05, 3.63) is 52.9 Å². The topological polar surface area (TPSA) is 12.9 Å². The maximum Gasteiger partial charge on any atom is 0.134 e. The Morgan fingerprint density at radius 2 is 1.75 bits per heavy atom. The first-order valence-corrected chi connectivity index (χ1v) is 5.59. The van der Waals surface area contributed by atoms with Gasteiger partial charge in [0.15, 0.2) is 0 Å². The van der Waals surface area contributed by atoms with E-state index >= 15 is 0 Å². The maximum atomic E-state index is 12.7. The first kappa shape index (κ1) is 11.4. The van der Waals surface area contributed by atoms with E-state index in [2.05, 4.69) is 4.98 Å². The fraction of sp³-hybridized carbons (Fsp3) is 0.0833. The van der Waals surface area contributed by atoms with Crippen LogP contribution >= 0.6 is 23.2 Å². The SMILES string of the molecule is Fc1ccc(-c2ccc(CCl)c(Cl)n2)cc1. The molecule has 0 saturated heterocycles. The molecule has 0 spiro atoms. The van der Waals surface area contributed by atoms with E-state index in [0.717, 1.165) is 11.1 Å². The largest absolute Gasteiger partial charge is 0.236 e. The molecule has 0 amide bonds. The van der Waals surface area contributed by atoms with Crippen LogP contribution in [0.2, 0.25) is 5.15 Å². The van der Waals surface area contributed by atoms with Gasteiger partial charge in [-0.1, -0.05) is 17.7 Å². The van der Waals surface area contributed by atoms with Crippen LogP contribution in [0.25, 0.3) is 11.3 Å². The molecule has 1 heterocycles. The van der Waals surface area contributed by atoms with E-state index in [1.807, 2.05) is 12.1 Å². The molecule has 1 aromatic heterocycles. The minimum Gasteiger partial charge on any atom is -0.236 e. The van der Waals surface area contributed by atoms with E-state index in [9.17, 15) is 4.39 Å². The van der Waals surface area contributed by atoms with Crippen molar-refractivity contribution in [1.29, 1.82) is 0 Å². The first-order valence-electron chi connectivity index (χ1n) is 4.68. The van der Waals surface area contributed by atoms with Gasteiger partial charge in [0, 0.05) is 11.1 Å². The van der Waals surface area contributed by atoms with Gasteiger partial charge in [-0.25, -0.2) is 9.37 Å². The van der Waals surface area contributed by atoms with E-state index < -0.39 is 0 Å². The minimum absolute atomic E-state index is 0.271. The second kappa shape index (κ2) is 4.81. The third-order valence-electron chi connectivity index (χ3n) is 2.21. The van der Waals surface area contributed by atoms with Crippen LogP contribution in [-0.4, -0.2) is 4.98 Å². The fourth-order valence-electron chi connectivity index (χ4n) is 1.34. The molecule has 4 heteroatoms. The molecule has 2 aromatic rings. The summed E-state index contributed by atoms with van der Waals surface area (Å²) in [6, 6.07) is 9.74. The zero-order valence-corrected chi connectivity index (χ0v) is 9.76. The first-order chi connectivity index (χ1) is 7.70. The molecule has 0 aliphatic rings. The van der Waals surface area contributed by atoms with Crippen molar-refractivity contribution in [3.63, 3.8) is 0 Å². The lowest BCUT2D eigenvalue weighted by molar-refractivity contribution is 0.628. The van der Waals surface area contributed by atoms with Gasteiger partial charge in [0.1, 0.15) is 11.0 Å². The Morgan fingerprint density at radius 3 is 2.31 bits per heavy atom. The Kier molecular flexibility index (Phi) is 3.42. The quantitative estimate of drug-likeness (QED) is 0.577. The second-order valence-electron chi connectivity index (χ2n) is 3.29. The second-order valence-corrected chi connectivity index (χ2v) is 3.91. The number of rotatable bonds is 2. The zero-order chi connectivity index (χ0) is 11.5. The normalized spacial score (nSPS) is 10.4. The zero-order valence-electron chi connectivity index (χ0n) is 8.25. The molecule has 2 rings (SSSR count). The highest BCUT2D eigenvalue weighted by molar-refractivity contribution is 6.31. The summed E-state index contributed by atoms with van der Waals surface area (Å²) < 4.78 is 12.7. The van der Waals surface area contributed by atoms with Crippen molar-refractivity contribution in [2.24, 2.45) is 0 Å². The Labute approximate surface area is 103 Å². The monoisotopic (exact) mass is 255 g/mol. The summed E-state index contributed by atoms with van der Waals surface area (Å²) in [6.45, 7) is 0. The van der Waals surface area contributed by atoms with Crippen molar-refractivity contribution in [2.45, 2.75) is 5.88 Å². The Hall–Kier alpha value is -1.12. The molecule has 1 aromatic carbocycles. The van der Waals surface area contributed by atoms with Crippen LogP contribution in [0.15, 0.2) is 36.4 Å². The van der Waals surface area contributed by atoms with Crippen molar-refractivity contribution >= 4 is 23.2 Å². The third-order valence-corrected chi connectivity index (χ3v) is 2.83. The number of halogens is 3. The van der Waals surface area contributed by atoms with Crippen LogP contribution in [0.4, 0.5) is 4.39 Å². The van der Waals surface area contributed by atoms with Gasteiger partial charge >= 0.3 is 0 Å². The summed E-state index contributed by atoms with van der Waals surface area (Å²) in [6.07, 6.45) is 0. The van der Waals surface area contributed by atoms with Gasteiger partial charge in [-0.05, 0) is 30.3 Å². The predicted molar refractivity (Wildman–Crippen MR) is 64.2 cm³/mol. The van der Waals surface area contributed by atoms with Gasteiger partial charge in [-0.2, -0.15) is 0 Å². The van der Waals surface area contributed by atoms with Crippen LogP contribution in [-0.2, 0) is 5.88 Å². The number of benzene rings is 1. The van der Waals surface area contributed by atoms with Gasteiger partial charge in [-0.15, -0.1) is 11.6 Å². The highest BCUT2D eigenvalue weighted by atomic mass is 35.5. The lowest BCUT2D eigenvalue weighted by atomic mass is 10.1. The van der Waals surface area contributed by atoms with Crippen molar-refractivity contribution < 1.29 is 4.39 Å². The molecule has 0 aliphatic carbocycles. The summed E-state index contributed by atoms with van der Waals surface area (Å²) >= 11 is 11.6. The number of nitrogens with zero attached hydrogens (tertiary/aromatic N) is 1. The number of hydrogen-bond donors (Lipinski definition) is 0. The van der Waals surface area contributed by atoms with Crippen LogP contribution in [0.3, 0.4) is 0 Å². The molecule has 0 saturated carbocycles. The van der Waals surface area contributed by atoms with Crippen molar-refractivity contribution in [1.82, 2.24) is 4.98 Å². The van der Waals surface area contributed by atoms with Gasteiger partial charge in [-0.3, -0.25) is 0 Å². The molecule has 0 atom stereocenters. The standard InChI is InChI=1S/C12H8Cl2FN/c13-7-9-3-6-11(16-12(9)14)8-1-4-10(15)5-2-8/h1-6H,7H2. The Morgan fingerprint density at radius 1 is 1.06 bits per heavy atom. The van der Waals surface area contributed by atoms with Gasteiger partial charge in [0.2, 0.25) is 0 Å². The van der Waals surface area contributed by atoms with E-state index in [1.165, 1.54) is 12.1 Å². The number of aromatic nitrogens is 1. The molecular formula is C12H8Cl2FN. The molecule has 0 aliphatic heterocycles. The lowest BCUT2D eigenvalue weighted by Crippen LogP contribution is -1.89. The fourth-order valence-corrected chi connectivity index (χ4v) is 1.85. The summed E-state index contributed by atoms with van der Waals surface area (Å²) in [7, 11) is 0. The van der Waals surface area contributed by atoms with E-state index in [4.69, 9.17) is 23.2 Å². The van der Waals surface area contributed by atoms with Gasteiger partial charge in [0.05, 0.1) is 11.6 Å². The molecular weight excluding hydrogens is 248 g/mol. The van der Waals surface area contributed by atoms with Crippen LogP contribution in [0.5, 0.6) is 0 Å². The molecule has 0 fully saturated rings. The van der Waals surface area contributed by atoms with Gasteiger partial charge < -0.3 is 0 Å². The average Bonchev–Trinajstić information content (AvgIpc) is 2.30. The summed E-state index contributed by atoms with van der Waals surface area (Å²) in [5.74, 6) is 0.0578. The van der Waals surface area contributed by atoms with Crippen molar-refractivity contribution in [2.75, 3.05) is 0 Å². The molecule has 0 unspecified atom stereocenters. The van der Waals surface area contributed by atoms with Crippen LogP contribution < -0.4 is 0 Å². The Balaban J connectivity index is 2.41. The smallest absolute Gasteiger partial charge is 0.134 e. The molecule has 0 N–H and O–H groups in total. The predicted octanol–water partition coefficient (Wildman–Crippen LogP) is 4.28. The van der Waals surface area contributed by atoms with Gasteiger partial charge in [0.25, 0.3) is 0 Å². The molecule has 1 nitrogen and oxygen atoms in total. The summed E-state index contributed by atoms with van der Waals surface area (Å²) in [5.41, 5.74) is 2.32. The minimum atomic E-state index is -0.271. The van der Waals surface area contributed by atoms with E-state index in [-0.39, 0.29) is 5.82 Å². The summed E-state index contributed by atoms with van der Waals surface area (Å²) in [5, 5.41) is 0.386. The number of hydrogen-bond acceptors (Lipinski definition) is 1. The molecule has 0 bridgehead atoms. The van der Waals surface area contributed by atoms with E-state index in [0.29, 0.717) is 16.7 Å². The highest BCUT2D eigenvalue weighted by Crippen LogP contribution is 2.22. The summed E-state index contributed by atoms with van der Waals surface area (Å²) in [4.78, 5) is 4.20. The third kappa shape index (κ3) is 2.34. The molecule has 82 valence electrons. The highest BCUT2D eigenvalue weighted by Gasteiger charge is 2.04. The Bertz CT molecular complexity index is 497. The molecule has 16 heavy (non-hydrogen) atoms. The maximum absolute atomic E-state index is 12.7. The number of alkyl halides is 1. The van der Waals surface area contributed by atoms with Crippen molar-refractivity contribution in [3.8, 4) is 11.3 Å².